The van der Waals surface area contributed by atoms with Gasteiger partial charge in [-0.15, -0.1) is 0 Å². The van der Waals surface area contributed by atoms with Gasteiger partial charge in [0.25, 0.3) is 0 Å². The molecule has 2 heteroatoms. The molecule has 2 nitrogen and oxygen atoms in total. The van der Waals surface area contributed by atoms with Gasteiger partial charge in [0.2, 0.25) is 0 Å². The van der Waals surface area contributed by atoms with Gasteiger partial charge in [-0.05, 0) is 31.4 Å². The number of carbonyl (C=O) groups excluding carboxylic acids is 2. The van der Waals surface area contributed by atoms with Gasteiger partial charge >= 0.3 is 0 Å². The van der Waals surface area contributed by atoms with Crippen molar-refractivity contribution in [3.05, 3.63) is 34.9 Å². The number of fused-ring (bicyclic) bond motifs is 2. The predicted octanol–water partition coefficient (Wildman–Crippen LogP) is 3.21. The molecule has 1 aromatic carbocycles. The van der Waals surface area contributed by atoms with E-state index >= 15 is 0 Å². The Balaban J connectivity index is 2.16. The van der Waals surface area contributed by atoms with E-state index in [4.69, 9.17) is 0 Å². The quantitative estimate of drug-likeness (QED) is 0.746. The molecular formula is C16H18O2. The first-order chi connectivity index (χ1) is 8.69. The van der Waals surface area contributed by atoms with Crippen LogP contribution in [0.5, 0.6) is 0 Å². The summed E-state index contributed by atoms with van der Waals surface area (Å²) in [5.41, 5.74) is 3.19. The molecule has 0 bridgehead atoms. The van der Waals surface area contributed by atoms with Crippen molar-refractivity contribution >= 4 is 12.1 Å². The molecule has 0 amide bonds. The molecular weight excluding hydrogens is 224 g/mol. The smallest absolute Gasteiger partial charge is 0.167 e. The molecule has 0 N–H and O–H groups in total. The lowest BCUT2D eigenvalue weighted by atomic mass is 9.72. The first-order valence-corrected chi connectivity index (χ1v) is 6.78. The van der Waals surface area contributed by atoms with Crippen molar-refractivity contribution in [2.24, 2.45) is 5.92 Å². The number of Topliss-reactive ketones (excluding diaryl/α,β-unsaturated/α-hetero) is 1. The minimum atomic E-state index is -0.103. The fourth-order valence-corrected chi connectivity index (χ4v) is 3.98. The summed E-state index contributed by atoms with van der Waals surface area (Å²) in [5, 5.41) is 0. The number of benzene rings is 1. The summed E-state index contributed by atoms with van der Waals surface area (Å²) >= 11 is 0. The molecule has 0 unspecified atom stereocenters. The monoisotopic (exact) mass is 242 g/mol. The van der Waals surface area contributed by atoms with Crippen LogP contribution in [0.3, 0.4) is 0 Å². The van der Waals surface area contributed by atoms with E-state index in [9.17, 15) is 9.59 Å². The summed E-state index contributed by atoms with van der Waals surface area (Å²) in [6.07, 6.45) is 5.78. The molecule has 0 saturated heterocycles. The first kappa shape index (κ1) is 11.6. The van der Waals surface area contributed by atoms with Crippen LogP contribution in [0, 0.1) is 12.8 Å². The normalized spacial score (nSPS) is 24.5. The molecule has 18 heavy (non-hydrogen) atoms. The largest absolute Gasteiger partial charge is 0.303 e. The molecule has 2 aliphatic carbocycles. The average Bonchev–Trinajstić information content (AvgIpc) is 2.91. The second-order valence-electron chi connectivity index (χ2n) is 5.73. The van der Waals surface area contributed by atoms with Crippen molar-refractivity contribution in [1.82, 2.24) is 0 Å². The van der Waals surface area contributed by atoms with Crippen LogP contribution >= 0.6 is 0 Å². The number of aldehydes is 1. The molecule has 0 aliphatic heterocycles. The summed E-state index contributed by atoms with van der Waals surface area (Å²) in [6, 6.07) is 6.22. The van der Waals surface area contributed by atoms with Crippen LogP contribution in [0.2, 0.25) is 0 Å². The highest BCUT2D eigenvalue weighted by Crippen LogP contribution is 2.54. The molecule has 1 saturated carbocycles. The van der Waals surface area contributed by atoms with Crippen molar-refractivity contribution in [3.63, 3.8) is 0 Å². The van der Waals surface area contributed by atoms with Crippen LogP contribution in [0.4, 0.5) is 0 Å². The van der Waals surface area contributed by atoms with E-state index in [1.807, 2.05) is 13.0 Å². The third kappa shape index (κ3) is 1.41. The highest BCUT2D eigenvalue weighted by molar-refractivity contribution is 6.05. The Morgan fingerprint density at radius 2 is 2.06 bits per heavy atom. The lowest BCUT2D eigenvalue weighted by molar-refractivity contribution is -0.108. The van der Waals surface area contributed by atoms with Gasteiger partial charge in [-0.2, -0.15) is 0 Å². The van der Waals surface area contributed by atoms with E-state index in [0.29, 0.717) is 6.42 Å². The van der Waals surface area contributed by atoms with Gasteiger partial charge in [0.1, 0.15) is 6.29 Å². The van der Waals surface area contributed by atoms with Gasteiger partial charge in [-0.25, -0.2) is 0 Å². The van der Waals surface area contributed by atoms with Gasteiger partial charge in [0.05, 0.1) is 0 Å². The molecule has 0 radical (unpaired) electrons. The Morgan fingerprint density at radius 1 is 1.33 bits per heavy atom. The average molecular weight is 242 g/mol. The number of carbonyl (C=O) groups is 2. The van der Waals surface area contributed by atoms with Gasteiger partial charge in [-0.1, -0.05) is 30.5 Å². The van der Waals surface area contributed by atoms with Crippen LogP contribution in [-0.4, -0.2) is 12.1 Å². The summed E-state index contributed by atoms with van der Waals surface area (Å²) in [6.45, 7) is 2.02. The summed E-state index contributed by atoms with van der Waals surface area (Å²) < 4.78 is 0. The first-order valence-electron chi connectivity index (χ1n) is 6.78. The third-order valence-electron chi connectivity index (χ3n) is 4.79. The maximum Gasteiger partial charge on any atom is 0.167 e. The Hall–Kier alpha value is -1.44. The zero-order chi connectivity index (χ0) is 12.8. The Labute approximate surface area is 107 Å². The predicted molar refractivity (Wildman–Crippen MR) is 69.8 cm³/mol. The molecule has 1 aromatic rings. The summed E-state index contributed by atoms with van der Waals surface area (Å²) in [5.74, 6) is 0.0944. The van der Waals surface area contributed by atoms with Gasteiger partial charge in [-0.3, -0.25) is 4.79 Å². The standard InChI is InChI=1S/C16H18O2/c1-11-4-5-13-12(10-11)15(18)14(6-9-17)16(13)7-2-3-8-16/h4-5,9-10,14H,2-3,6-8H2,1H3/t14-/m1/s1. The summed E-state index contributed by atoms with van der Waals surface area (Å²) in [4.78, 5) is 23.5. The van der Waals surface area contributed by atoms with E-state index in [-0.39, 0.29) is 17.1 Å². The van der Waals surface area contributed by atoms with E-state index in [1.165, 1.54) is 18.4 Å². The van der Waals surface area contributed by atoms with Gasteiger partial charge in [0.15, 0.2) is 5.78 Å². The Morgan fingerprint density at radius 3 is 2.72 bits per heavy atom. The van der Waals surface area contributed by atoms with Crippen molar-refractivity contribution in [2.75, 3.05) is 0 Å². The third-order valence-corrected chi connectivity index (χ3v) is 4.79. The maximum atomic E-state index is 12.5. The highest BCUT2D eigenvalue weighted by Gasteiger charge is 2.52. The van der Waals surface area contributed by atoms with Crippen LogP contribution < -0.4 is 0 Å². The van der Waals surface area contributed by atoms with E-state index in [2.05, 4.69) is 12.1 Å². The van der Waals surface area contributed by atoms with Crippen molar-refractivity contribution in [2.45, 2.75) is 44.4 Å². The highest BCUT2D eigenvalue weighted by atomic mass is 16.1. The fraction of sp³-hybridized carbons (Fsp3) is 0.500. The SMILES string of the molecule is Cc1ccc2c(c1)C(=O)[C@@H](CC=O)C21CCCC1. The zero-order valence-electron chi connectivity index (χ0n) is 10.7. The second kappa shape index (κ2) is 4.04. The maximum absolute atomic E-state index is 12.5. The summed E-state index contributed by atoms with van der Waals surface area (Å²) in [7, 11) is 0. The van der Waals surface area contributed by atoms with Gasteiger partial charge < -0.3 is 4.79 Å². The minimum absolute atomic E-state index is 0.0268. The molecule has 2 aliphatic rings. The second-order valence-corrected chi connectivity index (χ2v) is 5.73. The fourth-order valence-electron chi connectivity index (χ4n) is 3.98. The molecule has 0 heterocycles. The number of aryl methyl sites for hydroxylation is 1. The molecule has 3 rings (SSSR count). The molecule has 1 spiro atoms. The van der Waals surface area contributed by atoms with Crippen LogP contribution in [0.25, 0.3) is 0 Å². The van der Waals surface area contributed by atoms with Crippen LogP contribution in [-0.2, 0) is 10.2 Å². The lowest BCUT2D eigenvalue weighted by Crippen LogP contribution is -2.31. The number of hydrogen-bond acceptors (Lipinski definition) is 2. The molecule has 1 fully saturated rings. The van der Waals surface area contributed by atoms with E-state index in [0.717, 1.165) is 30.3 Å². The Bertz CT molecular complexity index is 510. The number of rotatable bonds is 2. The van der Waals surface area contributed by atoms with Gasteiger partial charge in [0, 0.05) is 23.3 Å². The van der Waals surface area contributed by atoms with E-state index in [1.54, 1.807) is 0 Å². The molecule has 1 atom stereocenters. The Kier molecular flexibility index (Phi) is 2.61. The molecule has 0 aromatic heterocycles. The topological polar surface area (TPSA) is 34.1 Å². The lowest BCUT2D eigenvalue weighted by Gasteiger charge is -2.30. The van der Waals surface area contributed by atoms with Crippen molar-refractivity contribution < 1.29 is 9.59 Å². The van der Waals surface area contributed by atoms with E-state index < -0.39 is 0 Å². The number of ketones is 1. The van der Waals surface area contributed by atoms with Crippen LogP contribution in [0.1, 0.15) is 53.6 Å². The van der Waals surface area contributed by atoms with Crippen molar-refractivity contribution in [1.29, 1.82) is 0 Å². The van der Waals surface area contributed by atoms with Crippen molar-refractivity contribution in [3.8, 4) is 0 Å². The number of hydrogen-bond donors (Lipinski definition) is 0. The molecule has 94 valence electrons. The minimum Gasteiger partial charge on any atom is -0.303 e. The zero-order valence-corrected chi connectivity index (χ0v) is 10.7. The van der Waals surface area contributed by atoms with Crippen LogP contribution in [0.15, 0.2) is 18.2 Å².